The van der Waals surface area contributed by atoms with Gasteiger partial charge in [0, 0.05) is 0 Å². The van der Waals surface area contributed by atoms with Crippen molar-refractivity contribution in [3.05, 3.63) is 0 Å². The van der Waals surface area contributed by atoms with Crippen LogP contribution in [0.1, 0.15) is 90.4 Å². The minimum absolute atomic E-state index is 0.208. The van der Waals surface area contributed by atoms with E-state index < -0.39 is 29.9 Å². The van der Waals surface area contributed by atoms with Crippen LogP contribution in [-0.4, -0.2) is 65.5 Å². The molecule has 0 bridgehead atoms. The second kappa shape index (κ2) is 15.7. The van der Waals surface area contributed by atoms with Crippen LogP contribution in [0.5, 0.6) is 0 Å². The highest BCUT2D eigenvalue weighted by molar-refractivity contribution is 5.80. The van der Waals surface area contributed by atoms with Crippen LogP contribution in [0.3, 0.4) is 0 Å². The van der Waals surface area contributed by atoms with Crippen LogP contribution in [0.25, 0.3) is 0 Å². The van der Waals surface area contributed by atoms with Gasteiger partial charge in [-0.05, 0) is 6.42 Å². The summed E-state index contributed by atoms with van der Waals surface area (Å²) in [7, 11) is 5.55. The second-order valence-corrected chi connectivity index (χ2v) is 9.53. The number of quaternary nitrogens is 1. The monoisotopic (exact) mass is 416 g/mol. The van der Waals surface area contributed by atoms with Gasteiger partial charge in [0.25, 0.3) is 0 Å². The molecule has 172 valence electrons. The van der Waals surface area contributed by atoms with E-state index in [1.165, 1.54) is 51.4 Å². The Labute approximate surface area is 177 Å². The first-order valence-electron chi connectivity index (χ1n) is 11.5. The molecule has 0 heterocycles. The average molecular weight is 417 g/mol. The maximum absolute atomic E-state index is 11.7. The van der Waals surface area contributed by atoms with Gasteiger partial charge in [-0.3, -0.25) is 9.59 Å². The molecule has 0 aliphatic heterocycles. The average Bonchev–Trinajstić information content (AvgIpc) is 2.59. The summed E-state index contributed by atoms with van der Waals surface area (Å²) in [6.45, 7) is 2.44. The first-order chi connectivity index (χ1) is 13.6. The zero-order chi connectivity index (χ0) is 22.3. The maximum atomic E-state index is 11.7. The zero-order valence-corrected chi connectivity index (χ0v) is 19.2. The van der Waals surface area contributed by atoms with Gasteiger partial charge in [-0.15, -0.1) is 0 Å². The molecule has 6 nitrogen and oxygen atoms in total. The Morgan fingerprint density at radius 3 is 1.48 bits per heavy atom. The highest BCUT2D eigenvalue weighted by Gasteiger charge is 2.40. The van der Waals surface area contributed by atoms with Crippen LogP contribution in [0, 0.1) is 11.8 Å². The molecule has 29 heavy (non-hydrogen) atoms. The normalized spacial score (nSPS) is 15.1. The van der Waals surface area contributed by atoms with Crippen molar-refractivity contribution >= 4 is 11.9 Å². The molecule has 0 aromatic heterocycles. The summed E-state index contributed by atoms with van der Waals surface area (Å²) in [5.74, 6) is -4.66. The summed E-state index contributed by atoms with van der Waals surface area (Å²) in [5.41, 5.74) is 0. The van der Waals surface area contributed by atoms with E-state index in [0.717, 1.165) is 19.3 Å². The van der Waals surface area contributed by atoms with E-state index in [4.69, 9.17) is 0 Å². The van der Waals surface area contributed by atoms with Gasteiger partial charge in [0.2, 0.25) is 0 Å². The van der Waals surface area contributed by atoms with Gasteiger partial charge in [0.05, 0.1) is 27.1 Å². The number of aliphatic hydroxyl groups is 1. The lowest BCUT2D eigenvalue weighted by Gasteiger charge is -2.31. The molecule has 0 amide bonds. The third kappa shape index (κ3) is 14.5. The lowest BCUT2D eigenvalue weighted by atomic mass is 9.83. The largest absolute Gasteiger partial charge is 0.481 e. The molecule has 0 spiro atoms. The van der Waals surface area contributed by atoms with Crippen molar-refractivity contribution in [2.75, 3.05) is 27.7 Å². The number of hydrogen-bond acceptors (Lipinski definition) is 3. The number of carboxylic acid groups (broad SMARTS) is 2. The summed E-state index contributed by atoms with van der Waals surface area (Å²) in [5, 5.41) is 29.4. The number of carboxylic acids is 2. The van der Waals surface area contributed by atoms with E-state index in [0.29, 0.717) is 17.3 Å². The third-order valence-electron chi connectivity index (χ3n) is 5.55. The van der Waals surface area contributed by atoms with Gasteiger partial charge in [-0.1, -0.05) is 84.0 Å². The Morgan fingerprint density at radius 1 is 0.724 bits per heavy atom. The van der Waals surface area contributed by atoms with E-state index in [9.17, 15) is 24.9 Å². The van der Waals surface area contributed by atoms with Gasteiger partial charge in [0.15, 0.2) is 0 Å². The first kappa shape index (κ1) is 27.9. The Kier molecular flexibility index (Phi) is 15.1. The lowest BCUT2D eigenvalue weighted by Crippen LogP contribution is -2.48. The zero-order valence-electron chi connectivity index (χ0n) is 19.2. The molecule has 0 aromatic rings. The predicted molar refractivity (Wildman–Crippen MR) is 117 cm³/mol. The second-order valence-electron chi connectivity index (χ2n) is 9.53. The van der Waals surface area contributed by atoms with Gasteiger partial charge >= 0.3 is 11.9 Å². The van der Waals surface area contributed by atoms with E-state index in [1.54, 1.807) is 0 Å². The number of unbranched alkanes of at least 4 members (excludes halogenated alkanes) is 11. The van der Waals surface area contributed by atoms with Crippen LogP contribution in [0.15, 0.2) is 0 Å². The number of likely N-dealkylation sites (N-methyl/N-ethyl adjacent to an activating group) is 1. The standard InChI is InChI=1S/C23H45NO5/c1-5-6-7-8-9-10-11-12-13-14-15-16-17-19(22(26)27)21(23(28)29)20(25)18-24(2,3)4/h19-21,25H,5-18H2,1-4H3,(H-,26,27,28,29)/p+1. The molecular weight excluding hydrogens is 370 g/mol. The first-order valence-corrected chi connectivity index (χ1v) is 11.5. The summed E-state index contributed by atoms with van der Waals surface area (Å²) < 4.78 is 0.385. The molecule has 0 saturated carbocycles. The number of hydrogen-bond donors (Lipinski definition) is 3. The van der Waals surface area contributed by atoms with Gasteiger partial charge in [-0.2, -0.15) is 0 Å². The molecule has 0 fully saturated rings. The fourth-order valence-corrected chi connectivity index (χ4v) is 3.94. The molecule has 0 aliphatic carbocycles. The molecule has 3 atom stereocenters. The van der Waals surface area contributed by atoms with Gasteiger partial charge in [-0.25, -0.2) is 0 Å². The summed E-state index contributed by atoms with van der Waals surface area (Å²) in [4.78, 5) is 23.3. The Morgan fingerprint density at radius 2 is 1.14 bits per heavy atom. The fourth-order valence-electron chi connectivity index (χ4n) is 3.94. The van der Waals surface area contributed by atoms with E-state index in [1.807, 2.05) is 21.1 Å². The molecule has 0 rings (SSSR count). The molecule has 0 saturated heterocycles. The Hall–Kier alpha value is -1.14. The van der Waals surface area contributed by atoms with Crippen molar-refractivity contribution in [3.8, 4) is 0 Å². The van der Waals surface area contributed by atoms with Gasteiger partial charge < -0.3 is 19.8 Å². The van der Waals surface area contributed by atoms with Crippen molar-refractivity contribution in [2.45, 2.75) is 96.5 Å². The minimum Gasteiger partial charge on any atom is -0.481 e. The van der Waals surface area contributed by atoms with Crippen LogP contribution in [0.2, 0.25) is 0 Å². The number of aliphatic carboxylic acids is 2. The predicted octanol–water partition coefficient (Wildman–Crippen LogP) is 4.55. The molecule has 3 N–H and O–H groups in total. The minimum atomic E-state index is -1.27. The Balaban J connectivity index is 4.17. The van der Waals surface area contributed by atoms with Crippen LogP contribution >= 0.6 is 0 Å². The smallest absolute Gasteiger partial charge is 0.310 e. The van der Waals surface area contributed by atoms with Crippen molar-refractivity contribution < 1.29 is 29.4 Å². The van der Waals surface area contributed by atoms with Crippen LogP contribution in [-0.2, 0) is 9.59 Å². The molecule has 0 aromatic carbocycles. The van der Waals surface area contributed by atoms with Gasteiger partial charge in [0.1, 0.15) is 18.6 Å². The van der Waals surface area contributed by atoms with Crippen molar-refractivity contribution in [1.82, 2.24) is 0 Å². The molecule has 0 aliphatic rings. The number of aliphatic hydroxyl groups excluding tert-OH is 1. The lowest BCUT2D eigenvalue weighted by molar-refractivity contribution is -0.874. The molecular formula is C23H46NO5+. The fraction of sp³-hybridized carbons (Fsp3) is 0.913. The van der Waals surface area contributed by atoms with E-state index in [2.05, 4.69) is 6.92 Å². The number of nitrogens with zero attached hydrogens (tertiary/aromatic N) is 1. The van der Waals surface area contributed by atoms with E-state index in [-0.39, 0.29) is 6.54 Å². The SMILES string of the molecule is CCCCCCCCCCCCCCC(C(=O)O)C(C(=O)O)C(O)C[N+](C)(C)C. The summed E-state index contributed by atoms with van der Waals surface area (Å²) in [6.07, 6.45) is 13.4. The third-order valence-corrected chi connectivity index (χ3v) is 5.55. The van der Waals surface area contributed by atoms with Crippen molar-refractivity contribution in [2.24, 2.45) is 11.8 Å². The van der Waals surface area contributed by atoms with Crippen LogP contribution in [0.4, 0.5) is 0 Å². The topological polar surface area (TPSA) is 94.8 Å². The Bertz CT molecular complexity index is 447. The molecule has 3 unspecified atom stereocenters. The van der Waals surface area contributed by atoms with Crippen molar-refractivity contribution in [1.29, 1.82) is 0 Å². The number of rotatable bonds is 19. The molecule has 0 radical (unpaired) electrons. The van der Waals surface area contributed by atoms with Crippen molar-refractivity contribution in [3.63, 3.8) is 0 Å². The molecule has 6 heteroatoms. The maximum Gasteiger partial charge on any atom is 0.310 e. The highest BCUT2D eigenvalue weighted by atomic mass is 16.4. The highest BCUT2D eigenvalue weighted by Crippen LogP contribution is 2.25. The van der Waals surface area contributed by atoms with E-state index >= 15 is 0 Å². The number of carbonyl (C=O) groups is 2. The quantitative estimate of drug-likeness (QED) is 0.212. The summed E-state index contributed by atoms with van der Waals surface area (Å²) >= 11 is 0. The van der Waals surface area contributed by atoms with Crippen LogP contribution < -0.4 is 0 Å². The summed E-state index contributed by atoms with van der Waals surface area (Å²) in [6, 6.07) is 0.